The van der Waals surface area contributed by atoms with Crippen LogP contribution in [0.15, 0.2) is 23.8 Å². The zero-order chi connectivity index (χ0) is 31.0. The van der Waals surface area contributed by atoms with E-state index in [1.807, 2.05) is 0 Å². The fourth-order valence-corrected chi connectivity index (χ4v) is 7.65. The standard InChI is InChI=1S/C22H27N9O11P2/c1-9-28-19-14(20(33)29-9)27-8-31(19)21-11-3-10(39-21)4-38-44(35,36)42-16-12(5-37-43(2,34)41-11)40-22(15(16)32)30-7-26-13-17(23)24-6-25-18(13)30/h6-8,10-12,15-16,21-22,32H,3-5H2,1-2H3,(H,35,36)(H2,23,24,25)(H,28,29,33)/t10-,11-,12+,15?,16-,21+,22+,43?/m0/s1. The molecule has 22 heteroatoms. The highest BCUT2D eigenvalue weighted by molar-refractivity contribution is 7.53. The Balaban J connectivity index is 1.19. The minimum atomic E-state index is -4.85. The van der Waals surface area contributed by atoms with Crippen LogP contribution in [0.25, 0.3) is 22.3 Å². The van der Waals surface area contributed by atoms with Crippen LogP contribution in [0.1, 0.15) is 24.7 Å². The molecule has 4 aromatic rings. The molecule has 3 aliphatic heterocycles. The van der Waals surface area contributed by atoms with Crippen LogP contribution in [0.5, 0.6) is 0 Å². The second-order valence-electron chi connectivity index (χ2n) is 10.5. The molecule has 44 heavy (non-hydrogen) atoms. The summed E-state index contributed by atoms with van der Waals surface area (Å²) in [4.78, 5) is 46.3. The van der Waals surface area contributed by atoms with E-state index >= 15 is 0 Å². The number of hydrogen-bond donors (Lipinski definition) is 4. The summed E-state index contributed by atoms with van der Waals surface area (Å²) >= 11 is 0. The fourth-order valence-electron chi connectivity index (χ4n) is 5.50. The third-order valence-corrected chi connectivity index (χ3v) is 9.68. The predicted molar refractivity (Wildman–Crippen MR) is 146 cm³/mol. The van der Waals surface area contributed by atoms with Crippen molar-refractivity contribution in [3.63, 3.8) is 0 Å². The number of hydrogen-bond acceptors (Lipinski definition) is 16. The van der Waals surface area contributed by atoms with Gasteiger partial charge in [-0.15, -0.1) is 0 Å². The summed E-state index contributed by atoms with van der Waals surface area (Å²) in [6, 6.07) is 0. The number of phosphoric ester groups is 1. The normalized spacial score (nSPS) is 36.6. The van der Waals surface area contributed by atoms with Crippen molar-refractivity contribution >= 4 is 43.6 Å². The lowest BCUT2D eigenvalue weighted by atomic mass is 10.1. The monoisotopic (exact) mass is 655 g/mol. The highest BCUT2D eigenvalue weighted by atomic mass is 31.2. The summed E-state index contributed by atoms with van der Waals surface area (Å²) in [6.07, 6.45) is -4.40. The van der Waals surface area contributed by atoms with Gasteiger partial charge in [-0.05, 0) is 6.92 Å². The Morgan fingerprint density at radius 2 is 1.73 bits per heavy atom. The van der Waals surface area contributed by atoms with Crippen molar-refractivity contribution in [2.24, 2.45) is 0 Å². The topological polar surface area (TPSA) is 263 Å². The lowest BCUT2D eigenvalue weighted by molar-refractivity contribution is -0.0619. The molecule has 0 aromatic carbocycles. The number of ether oxygens (including phenoxy) is 2. The maximum Gasteiger partial charge on any atom is 0.472 e. The molecule has 3 unspecified atom stereocenters. The summed E-state index contributed by atoms with van der Waals surface area (Å²) in [5, 5.41) is 11.2. The van der Waals surface area contributed by atoms with Crippen molar-refractivity contribution in [1.29, 1.82) is 0 Å². The maximum atomic E-state index is 13.6. The Hall–Kier alpha value is -3.16. The molecule has 3 fully saturated rings. The van der Waals surface area contributed by atoms with E-state index in [0.717, 1.165) is 0 Å². The summed E-state index contributed by atoms with van der Waals surface area (Å²) in [5.41, 5.74) is 6.12. The summed E-state index contributed by atoms with van der Waals surface area (Å²) < 4.78 is 63.8. The van der Waals surface area contributed by atoms with Gasteiger partial charge in [0.1, 0.15) is 42.1 Å². The van der Waals surface area contributed by atoms with E-state index in [9.17, 15) is 23.9 Å². The molecule has 236 valence electrons. The number of anilines is 1. The van der Waals surface area contributed by atoms with Gasteiger partial charge in [-0.3, -0.25) is 27.5 Å². The average Bonchev–Trinajstić information content (AvgIpc) is 3.72. The zero-order valence-electron chi connectivity index (χ0n) is 23.1. The van der Waals surface area contributed by atoms with Crippen molar-refractivity contribution in [2.75, 3.05) is 25.6 Å². The van der Waals surface area contributed by atoms with E-state index in [2.05, 4.69) is 29.9 Å². The molecule has 0 radical (unpaired) electrons. The highest BCUT2D eigenvalue weighted by Crippen LogP contribution is 2.53. The van der Waals surface area contributed by atoms with Gasteiger partial charge in [-0.2, -0.15) is 0 Å². The summed E-state index contributed by atoms with van der Waals surface area (Å²) in [6.45, 7) is 1.91. The molecule has 4 aromatic heterocycles. The van der Waals surface area contributed by atoms with Gasteiger partial charge in [-0.25, -0.2) is 29.5 Å². The molecule has 3 aliphatic rings. The van der Waals surface area contributed by atoms with E-state index in [1.54, 1.807) is 6.92 Å². The number of aliphatic hydroxyl groups excluding tert-OH is 1. The second-order valence-corrected chi connectivity index (χ2v) is 14.0. The van der Waals surface area contributed by atoms with Gasteiger partial charge in [0.15, 0.2) is 35.1 Å². The lowest BCUT2D eigenvalue weighted by Crippen LogP contribution is -2.36. The van der Waals surface area contributed by atoms with Crippen LogP contribution in [-0.2, 0) is 36.7 Å². The molecule has 5 N–H and O–H groups in total. The summed E-state index contributed by atoms with van der Waals surface area (Å²) in [5.74, 6) is 0.424. The molecule has 0 spiro atoms. The van der Waals surface area contributed by atoms with E-state index in [1.165, 1.54) is 34.8 Å². The number of aromatic amines is 1. The maximum absolute atomic E-state index is 13.6. The number of aliphatic hydroxyl groups is 1. The first-order chi connectivity index (χ1) is 20.9. The number of fused-ring (bicyclic) bond motifs is 5. The van der Waals surface area contributed by atoms with Gasteiger partial charge in [0.05, 0.1) is 32.0 Å². The van der Waals surface area contributed by atoms with Crippen LogP contribution >= 0.6 is 15.4 Å². The van der Waals surface area contributed by atoms with Gasteiger partial charge >= 0.3 is 15.4 Å². The first kappa shape index (κ1) is 29.5. The molecule has 3 saturated heterocycles. The third kappa shape index (κ3) is 5.26. The lowest BCUT2D eigenvalue weighted by Gasteiger charge is -2.26. The van der Waals surface area contributed by atoms with Crippen LogP contribution in [0.2, 0.25) is 0 Å². The van der Waals surface area contributed by atoms with E-state index in [0.29, 0.717) is 5.82 Å². The molecule has 20 nitrogen and oxygen atoms in total. The number of imidazole rings is 2. The first-order valence-electron chi connectivity index (χ1n) is 13.3. The third-order valence-electron chi connectivity index (χ3n) is 7.42. The number of nitrogens with two attached hydrogens (primary N) is 1. The van der Waals surface area contributed by atoms with Crippen LogP contribution in [0.3, 0.4) is 0 Å². The van der Waals surface area contributed by atoms with Crippen molar-refractivity contribution in [2.45, 2.75) is 56.3 Å². The number of rotatable bonds is 2. The van der Waals surface area contributed by atoms with Crippen molar-refractivity contribution in [3.8, 4) is 0 Å². The van der Waals surface area contributed by atoms with E-state index in [-0.39, 0.29) is 34.6 Å². The number of nitrogen functional groups attached to an aromatic ring is 1. The Bertz CT molecular complexity index is 1900. The molecular formula is C22H27N9O11P2. The fraction of sp³-hybridized carbons (Fsp3) is 0.545. The SMILES string of the molecule is Cc1nc2c(ncn2[C@@H]2O[C@@H]3COP(=O)(O)O[C@@H]4C(O)[C@H](n5cnc6c(N)ncnc65)O[C@@H]4COP(C)(=O)O[C@H]2C3)c(=O)[nH]1. The van der Waals surface area contributed by atoms with Gasteiger partial charge in [0.25, 0.3) is 5.56 Å². The number of H-pyrrole nitrogens is 1. The number of nitrogens with one attached hydrogen (secondary N) is 1. The van der Waals surface area contributed by atoms with Gasteiger partial charge in [0, 0.05) is 13.1 Å². The van der Waals surface area contributed by atoms with Crippen LogP contribution in [-0.4, -0.2) is 99.4 Å². The molecule has 0 saturated carbocycles. The first-order valence-corrected chi connectivity index (χ1v) is 16.8. The second kappa shape index (κ2) is 10.7. The minimum Gasteiger partial charge on any atom is -0.386 e. The number of aryl methyl sites for hydroxylation is 1. The van der Waals surface area contributed by atoms with Gasteiger partial charge in [0.2, 0.25) is 0 Å². The van der Waals surface area contributed by atoms with E-state index in [4.69, 9.17) is 33.3 Å². The van der Waals surface area contributed by atoms with Crippen LogP contribution in [0, 0.1) is 6.92 Å². The zero-order valence-corrected chi connectivity index (χ0v) is 24.9. The predicted octanol–water partition coefficient (Wildman–Crippen LogP) is 0.136. The van der Waals surface area contributed by atoms with Crippen molar-refractivity contribution in [3.05, 3.63) is 35.2 Å². The molecule has 9 atom stereocenters. The minimum absolute atomic E-state index is 0.0496. The Kier molecular flexibility index (Phi) is 7.21. The Morgan fingerprint density at radius 3 is 2.52 bits per heavy atom. The van der Waals surface area contributed by atoms with Gasteiger partial charge < -0.3 is 39.2 Å². The highest BCUT2D eigenvalue weighted by Gasteiger charge is 2.51. The quantitative estimate of drug-likeness (QED) is 0.209. The largest absolute Gasteiger partial charge is 0.472 e. The smallest absolute Gasteiger partial charge is 0.386 e. The molecule has 0 amide bonds. The molecule has 7 heterocycles. The number of nitrogens with zero attached hydrogens (tertiary/aromatic N) is 7. The van der Waals surface area contributed by atoms with Crippen LogP contribution in [0.4, 0.5) is 5.82 Å². The Labute approximate surface area is 246 Å². The van der Waals surface area contributed by atoms with Crippen molar-refractivity contribution in [1.82, 2.24) is 39.0 Å². The molecule has 2 bridgehead atoms. The number of aromatic nitrogens is 8. The average molecular weight is 655 g/mol. The van der Waals surface area contributed by atoms with E-state index < -0.39 is 77.2 Å². The van der Waals surface area contributed by atoms with Crippen LogP contribution < -0.4 is 11.3 Å². The summed E-state index contributed by atoms with van der Waals surface area (Å²) in [7, 11) is -8.74. The number of phosphoric acid groups is 1. The molecule has 0 aliphatic carbocycles. The molecule has 7 rings (SSSR count). The molecular weight excluding hydrogens is 628 g/mol. The van der Waals surface area contributed by atoms with Gasteiger partial charge in [-0.1, -0.05) is 0 Å². The Morgan fingerprint density at radius 1 is 0.977 bits per heavy atom. The van der Waals surface area contributed by atoms with Crippen molar-refractivity contribution < 1.29 is 46.7 Å².